The third-order valence-electron chi connectivity index (χ3n) is 4.46. The van der Waals surface area contributed by atoms with E-state index in [2.05, 4.69) is 33.0 Å². The van der Waals surface area contributed by atoms with E-state index in [-0.39, 0.29) is 19.0 Å². The number of nitrogens with one attached hydrogen (secondary N) is 1. The first kappa shape index (κ1) is 24.1. The van der Waals surface area contributed by atoms with Gasteiger partial charge >= 0.3 is 11.9 Å². The molecule has 1 heterocycles. The van der Waals surface area contributed by atoms with Crippen LogP contribution in [0, 0.1) is 0 Å². The zero-order valence-corrected chi connectivity index (χ0v) is 19.8. The second kappa shape index (κ2) is 11.3. The molecule has 3 rings (SSSR count). The van der Waals surface area contributed by atoms with Crippen molar-refractivity contribution in [2.75, 3.05) is 20.3 Å². The van der Waals surface area contributed by atoms with E-state index >= 15 is 0 Å². The molecule has 33 heavy (non-hydrogen) atoms. The highest BCUT2D eigenvalue weighted by molar-refractivity contribution is 9.10. The number of halogens is 1. The van der Waals surface area contributed by atoms with Gasteiger partial charge < -0.3 is 18.6 Å². The number of furan rings is 1. The number of esters is 1. The van der Waals surface area contributed by atoms with Crippen LogP contribution < -0.4 is 14.9 Å². The normalized spacial score (nSPS) is 10.9. The maximum Gasteiger partial charge on any atom is 0.344 e. The van der Waals surface area contributed by atoms with Crippen molar-refractivity contribution in [1.82, 2.24) is 5.43 Å². The smallest absolute Gasteiger partial charge is 0.344 e. The topological polar surface area (TPSA) is 99.4 Å². The number of fused-ring (bicyclic) bond motifs is 1. The molecule has 0 aliphatic heterocycles. The predicted molar refractivity (Wildman–Crippen MR) is 128 cm³/mol. The Balaban J connectivity index is 1.75. The van der Waals surface area contributed by atoms with Gasteiger partial charge in [0, 0.05) is 15.4 Å². The van der Waals surface area contributed by atoms with Crippen LogP contribution in [0.2, 0.25) is 0 Å². The number of hydrogen-bond donors (Lipinski definition) is 1. The highest BCUT2D eigenvalue weighted by Gasteiger charge is 2.15. The van der Waals surface area contributed by atoms with Crippen molar-refractivity contribution in [3.8, 4) is 11.5 Å². The Labute approximate surface area is 199 Å². The second-order valence-corrected chi connectivity index (χ2v) is 7.71. The summed E-state index contributed by atoms with van der Waals surface area (Å²) >= 11 is 3.39. The van der Waals surface area contributed by atoms with E-state index in [0.29, 0.717) is 29.1 Å². The molecular formula is C24H23BrN2O6. The number of nitrogens with zero attached hydrogens (tertiary/aromatic N) is 1. The first-order valence-electron chi connectivity index (χ1n) is 10.1. The number of allylic oxidation sites excluding steroid dienone is 1. The number of methoxy groups -OCH3 is 1. The van der Waals surface area contributed by atoms with Gasteiger partial charge in [0.05, 0.1) is 19.9 Å². The number of benzene rings is 2. The fourth-order valence-electron chi connectivity index (χ4n) is 3.06. The number of hydrazone groups is 1. The largest absolute Gasteiger partial charge is 0.493 e. The lowest BCUT2D eigenvalue weighted by Crippen LogP contribution is -2.17. The van der Waals surface area contributed by atoms with Gasteiger partial charge in [-0.3, -0.25) is 4.79 Å². The summed E-state index contributed by atoms with van der Waals surface area (Å²) in [5, 5.41) is 4.82. The zero-order valence-electron chi connectivity index (χ0n) is 18.2. The molecule has 9 heteroatoms. The minimum Gasteiger partial charge on any atom is -0.493 e. The molecule has 0 fully saturated rings. The quantitative estimate of drug-likeness (QED) is 0.183. The van der Waals surface area contributed by atoms with E-state index < -0.39 is 11.9 Å². The Morgan fingerprint density at radius 3 is 2.79 bits per heavy atom. The number of amides is 1. The molecule has 0 unspecified atom stereocenters. The molecule has 0 bridgehead atoms. The number of carbonyl (C=O) groups excluding carboxylic acids is 2. The summed E-state index contributed by atoms with van der Waals surface area (Å²) in [5.74, 6) is 0.0175. The molecule has 0 saturated heterocycles. The van der Waals surface area contributed by atoms with Gasteiger partial charge in [-0.05, 0) is 55.3 Å². The van der Waals surface area contributed by atoms with Gasteiger partial charge in [0.2, 0.25) is 0 Å². The van der Waals surface area contributed by atoms with E-state index in [9.17, 15) is 9.59 Å². The molecule has 2 aromatic carbocycles. The van der Waals surface area contributed by atoms with E-state index in [4.69, 9.17) is 18.6 Å². The first-order valence-corrected chi connectivity index (χ1v) is 10.9. The van der Waals surface area contributed by atoms with Crippen LogP contribution in [0.4, 0.5) is 0 Å². The lowest BCUT2D eigenvalue weighted by molar-refractivity contribution is -0.145. The van der Waals surface area contributed by atoms with Crippen molar-refractivity contribution in [2.24, 2.45) is 5.10 Å². The average molecular weight is 515 g/mol. The van der Waals surface area contributed by atoms with E-state index in [1.54, 1.807) is 37.3 Å². The lowest BCUT2D eigenvalue weighted by atomic mass is 10.1. The number of rotatable bonds is 10. The van der Waals surface area contributed by atoms with Gasteiger partial charge in [0.25, 0.3) is 0 Å². The van der Waals surface area contributed by atoms with Crippen LogP contribution in [-0.4, -0.2) is 38.4 Å². The van der Waals surface area contributed by atoms with Gasteiger partial charge in [-0.2, -0.15) is 5.10 Å². The van der Waals surface area contributed by atoms with Crippen LogP contribution in [0.1, 0.15) is 28.6 Å². The van der Waals surface area contributed by atoms with E-state index in [1.807, 2.05) is 12.1 Å². The number of carbonyl (C=O) groups is 2. The summed E-state index contributed by atoms with van der Waals surface area (Å²) in [7, 11) is 1.49. The molecule has 1 amide bonds. The van der Waals surface area contributed by atoms with Gasteiger partial charge in [-0.1, -0.05) is 22.0 Å². The third kappa shape index (κ3) is 6.23. The highest BCUT2D eigenvalue weighted by atomic mass is 79.9. The molecule has 0 aliphatic carbocycles. The molecule has 0 radical (unpaired) electrons. The molecule has 0 spiro atoms. The molecule has 0 aliphatic rings. The zero-order chi connectivity index (χ0) is 23.8. The Morgan fingerprint density at radius 2 is 2.06 bits per heavy atom. The minimum absolute atomic E-state index is 0.146. The summed E-state index contributed by atoms with van der Waals surface area (Å²) in [6.45, 7) is 5.51. The summed E-state index contributed by atoms with van der Waals surface area (Å²) in [5.41, 5.74) is 4.45. The fraction of sp³-hybridized carbons (Fsp3) is 0.208. The van der Waals surface area contributed by atoms with Crippen LogP contribution in [0.5, 0.6) is 11.5 Å². The van der Waals surface area contributed by atoms with Crippen molar-refractivity contribution in [3.63, 3.8) is 0 Å². The van der Waals surface area contributed by atoms with Crippen LogP contribution in [0.3, 0.4) is 0 Å². The van der Waals surface area contributed by atoms with Crippen molar-refractivity contribution in [2.45, 2.75) is 13.3 Å². The van der Waals surface area contributed by atoms with Gasteiger partial charge in [0.1, 0.15) is 5.58 Å². The molecule has 1 aromatic heterocycles. The van der Waals surface area contributed by atoms with Crippen LogP contribution in [-0.2, 0) is 16.0 Å². The van der Waals surface area contributed by atoms with Crippen molar-refractivity contribution < 1.29 is 28.2 Å². The van der Waals surface area contributed by atoms with Crippen molar-refractivity contribution in [1.29, 1.82) is 0 Å². The third-order valence-corrected chi connectivity index (χ3v) is 4.95. The van der Waals surface area contributed by atoms with E-state index in [0.717, 1.165) is 15.4 Å². The monoisotopic (exact) mass is 514 g/mol. The summed E-state index contributed by atoms with van der Waals surface area (Å²) in [6.07, 6.45) is 3.65. The molecular weight excluding hydrogens is 492 g/mol. The van der Waals surface area contributed by atoms with Crippen LogP contribution in [0.25, 0.3) is 11.0 Å². The number of ether oxygens (including phenoxy) is 3. The number of hydrogen-bond acceptors (Lipinski definition) is 7. The summed E-state index contributed by atoms with van der Waals surface area (Å²) in [4.78, 5) is 24.1. The fourth-order valence-corrected chi connectivity index (χ4v) is 3.44. The average Bonchev–Trinajstić information content (AvgIpc) is 3.21. The van der Waals surface area contributed by atoms with E-state index in [1.165, 1.54) is 13.3 Å². The van der Waals surface area contributed by atoms with Crippen LogP contribution >= 0.6 is 15.9 Å². The van der Waals surface area contributed by atoms with Gasteiger partial charge in [-0.15, -0.1) is 6.58 Å². The maximum absolute atomic E-state index is 12.4. The predicted octanol–water partition coefficient (Wildman–Crippen LogP) is 4.64. The highest BCUT2D eigenvalue weighted by Crippen LogP contribution is 2.33. The summed E-state index contributed by atoms with van der Waals surface area (Å²) < 4.78 is 22.4. The Morgan fingerprint density at radius 1 is 1.24 bits per heavy atom. The molecule has 3 aromatic rings. The standard InChI is InChI=1S/C24H23BrN2O6/c1-4-6-16-9-15(10-20(30-3)23(16)32-14-22(28)31-5-2)13-26-27-24(29)21-12-17-11-18(25)7-8-19(17)33-21/h4,7-13H,1,5-6,14H2,2-3H3,(H,27,29)/b26-13+. The minimum atomic E-state index is -0.480. The molecule has 8 nitrogen and oxygen atoms in total. The summed E-state index contributed by atoms with van der Waals surface area (Å²) in [6, 6.07) is 10.6. The molecule has 172 valence electrons. The SMILES string of the molecule is C=CCc1cc(/C=N/NC(=O)c2cc3cc(Br)ccc3o2)cc(OC)c1OCC(=O)OCC. The lowest BCUT2D eigenvalue weighted by Gasteiger charge is -2.15. The molecule has 0 saturated carbocycles. The Kier molecular flexibility index (Phi) is 8.26. The molecule has 1 N–H and O–H groups in total. The van der Waals surface area contributed by atoms with Gasteiger partial charge in [-0.25, -0.2) is 10.2 Å². The van der Waals surface area contributed by atoms with Gasteiger partial charge in [0.15, 0.2) is 23.9 Å². The first-order chi connectivity index (χ1) is 15.9. The van der Waals surface area contributed by atoms with Crippen molar-refractivity contribution in [3.05, 3.63) is 70.4 Å². The Bertz CT molecular complexity index is 1200. The maximum atomic E-state index is 12.4. The molecule has 0 atom stereocenters. The second-order valence-electron chi connectivity index (χ2n) is 6.79. The van der Waals surface area contributed by atoms with Crippen LogP contribution in [0.15, 0.2) is 63.0 Å². The Hall–Kier alpha value is -3.59. The van der Waals surface area contributed by atoms with Crippen molar-refractivity contribution >= 4 is 45.0 Å².